The van der Waals surface area contributed by atoms with Crippen LogP contribution in [-0.2, 0) is 0 Å². The quantitative estimate of drug-likeness (QED) is 0.437. The fraction of sp³-hybridized carbons (Fsp3) is 1.00. The Labute approximate surface area is 69.8 Å². The van der Waals surface area contributed by atoms with Crippen LogP contribution >= 0.6 is 0 Å². The van der Waals surface area contributed by atoms with Crippen molar-refractivity contribution in [2.24, 2.45) is 5.92 Å². The van der Waals surface area contributed by atoms with Gasteiger partial charge >= 0.3 is 0 Å². The van der Waals surface area contributed by atoms with Gasteiger partial charge in [0.25, 0.3) is 0 Å². The molecule has 0 aromatic rings. The van der Waals surface area contributed by atoms with Crippen molar-refractivity contribution in [1.29, 1.82) is 0 Å². The van der Waals surface area contributed by atoms with Gasteiger partial charge in [-0.1, -0.05) is 13.3 Å². The van der Waals surface area contributed by atoms with E-state index in [0.29, 0.717) is 5.54 Å². The highest BCUT2D eigenvalue weighted by Crippen LogP contribution is 2.28. The molecule has 2 atom stereocenters. The standard InChI is InChI=1S/C8H17N.ClH/c1-7-4-3-5-8(2,9)6-7;/h7H,3-6,9H2,1-2H3;1H/t7-,8+;/m1./s1. The van der Waals surface area contributed by atoms with Crippen LogP contribution in [-0.4, -0.2) is 5.54 Å². The number of rotatable bonds is 0. The third-order valence-electron chi connectivity index (χ3n) is 2.32. The maximum Gasteiger partial charge on any atom is 0.0920 e. The Morgan fingerprint density at radius 1 is 1.50 bits per heavy atom. The van der Waals surface area contributed by atoms with Crippen molar-refractivity contribution in [3.63, 3.8) is 0 Å². The zero-order valence-electron chi connectivity index (χ0n) is 6.99. The monoisotopic (exact) mass is 163 g/mol. The summed E-state index contributed by atoms with van der Waals surface area (Å²) in [5, 5.41) is 0. The number of hydrogen-bond donors (Lipinski definition) is 1. The van der Waals surface area contributed by atoms with Crippen LogP contribution in [0, 0.1) is 5.92 Å². The molecule has 0 aliphatic heterocycles. The van der Waals surface area contributed by atoms with Gasteiger partial charge in [0, 0.05) is 12.8 Å². The molecule has 0 radical (unpaired) electrons. The van der Waals surface area contributed by atoms with E-state index in [-0.39, 0.29) is 12.4 Å². The Morgan fingerprint density at radius 3 is 2.40 bits per heavy atom. The number of quaternary nitrogens is 1. The minimum absolute atomic E-state index is 0. The molecular formula is C8H18ClN. The minimum atomic E-state index is 0. The summed E-state index contributed by atoms with van der Waals surface area (Å²) in [6.45, 7) is 4.62. The lowest BCUT2D eigenvalue weighted by atomic mass is 9.78. The van der Waals surface area contributed by atoms with Crippen molar-refractivity contribution in [1.82, 2.24) is 0 Å². The highest BCUT2D eigenvalue weighted by Gasteiger charge is 2.28. The first-order valence-corrected chi connectivity index (χ1v) is 3.95. The topological polar surface area (TPSA) is 27.6 Å². The molecule has 1 saturated carbocycles. The van der Waals surface area contributed by atoms with Crippen LogP contribution in [0.15, 0.2) is 0 Å². The minimum Gasteiger partial charge on any atom is -1.00 e. The van der Waals surface area contributed by atoms with Gasteiger partial charge in [0.05, 0.1) is 5.54 Å². The first-order valence-electron chi connectivity index (χ1n) is 3.95. The van der Waals surface area contributed by atoms with Gasteiger partial charge < -0.3 is 18.1 Å². The molecule has 0 spiro atoms. The predicted molar refractivity (Wildman–Crippen MR) is 38.9 cm³/mol. The Hall–Kier alpha value is 0.250. The highest BCUT2D eigenvalue weighted by atomic mass is 35.5. The largest absolute Gasteiger partial charge is 1.00 e. The molecule has 0 heterocycles. The molecule has 62 valence electrons. The van der Waals surface area contributed by atoms with Gasteiger partial charge in [-0.2, -0.15) is 0 Å². The van der Waals surface area contributed by atoms with Gasteiger partial charge in [0.15, 0.2) is 0 Å². The second-order valence-electron chi connectivity index (χ2n) is 4.01. The second kappa shape index (κ2) is 3.59. The van der Waals surface area contributed by atoms with Crippen LogP contribution in [0.3, 0.4) is 0 Å². The van der Waals surface area contributed by atoms with Crippen molar-refractivity contribution >= 4 is 0 Å². The van der Waals surface area contributed by atoms with Crippen molar-refractivity contribution in [3.8, 4) is 0 Å². The van der Waals surface area contributed by atoms with Crippen LogP contribution in [0.1, 0.15) is 39.5 Å². The van der Waals surface area contributed by atoms with Crippen LogP contribution < -0.4 is 18.1 Å². The lowest BCUT2D eigenvalue weighted by molar-refractivity contribution is -0.480. The lowest BCUT2D eigenvalue weighted by Gasteiger charge is -2.29. The zero-order valence-corrected chi connectivity index (χ0v) is 7.75. The van der Waals surface area contributed by atoms with E-state index in [1.807, 2.05) is 0 Å². The third kappa shape index (κ3) is 2.89. The van der Waals surface area contributed by atoms with Crippen molar-refractivity contribution < 1.29 is 18.1 Å². The molecule has 1 fully saturated rings. The van der Waals surface area contributed by atoms with Gasteiger partial charge in [-0.05, 0) is 19.3 Å². The van der Waals surface area contributed by atoms with Gasteiger partial charge in [-0.3, -0.25) is 0 Å². The van der Waals surface area contributed by atoms with E-state index in [1.54, 1.807) is 0 Å². The maximum absolute atomic E-state index is 4.18. The van der Waals surface area contributed by atoms with Crippen LogP contribution in [0.4, 0.5) is 0 Å². The molecule has 0 aromatic heterocycles. The summed E-state index contributed by atoms with van der Waals surface area (Å²) in [5.41, 5.74) is 4.58. The van der Waals surface area contributed by atoms with Crippen molar-refractivity contribution in [2.45, 2.75) is 45.1 Å². The summed E-state index contributed by atoms with van der Waals surface area (Å²) in [5.74, 6) is 0.918. The summed E-state index contributed by atoms with van der Waals surface area (Å²) in [4.78, 5) is 0. The first kappa shape index (κ1) is 10.2. The Balaban J connectivity index is 0.000000810. The van der Waals surface area contributed by atoms with E-state index in [0.717, 1.165) is 5.92 Å². The zero-order chi connectivity index (χ0) is 6.91. The molecule has 1 aliphatic carbocycles. The fourth-order valence-electron chi connectivity index (χ4n) is 1.92. The summed E-state index contributed by atoms with van der Waals surface area (Å²) in [6.07, 6.45) is 5.47. The van der Waals surface area contributed by atoms with Crippen LogP contribution in [0.5, 0.6) is 0 Å². The Bertz CT molecular complexity index is 101. The second-order valence-corrected chi connectivity index (χ2v) is 4.01. The van der Waals surface area contributed by atoms with Gasteiger partial charge in [0.1, 0.15) is 0 Å². The van der Waals surface area contributed by atoms with Gasteiger partial charge in [-0.15, -0.1) is 0 Å². The molecule has 0 bridgehead atoms. The molecule has 0 amide bonds. The SMILES string of the molecule is C[C@@H]1CCC[C@](C)([NH3+])C1.[Cl-]. The van der Waals surface area contributed by atoms with E-state index >= 15 is 0 Å². The normalized spacial score (nSPS) is 40.5. The first-order chi connectivity index (χ1) is 4.10. The fourth-order valence-corrected chi connectivity index (χ4v) is 1.92. The summed E-state index contributed by atoms with van der Waals surface area (Å²) in [6, 6.07) is 0. The van der Waals surface area contributed by atoms with Crippen LogP contribution in [0.25, 0.3) is 0 Å². The Morgan fingerprint density at radius 2 is 2.10 bits per heavy atom. The van der Waals surface area contributed by atoms with Gasteiger partial charge in [0.2, 0.25) is 0 Å². The number of halogens is 1. The molecule has 0 aromatic carbocycles. The molecule has 0 saturated heterocycles. The van der Waals surface area contributed by atoms with E-state index in [4.69, 9.17) is 0 Å². The molecule has 1 nitrogen and oxygen atoms in total. The number of hydrogen-bond acceptors (Lipinski definition) is 0. The predicted octanol–water partition coefficient (Wildman–Crippen LogP) is -1.80. The third-order valence-corrected chi connectivity index (χ3v) is 2.32. The van der Waals surface area contributed by atoms with Crippen molar-refractivity contribution in [3.05, 3.63) is 0 Å². The smallest absolute Gasteiger partial charge is 0.0920 e. The van der Waals surface area contributed by atoms with E-state index in [9.17, 15) is 0 Å². The summed E-state index contributed by atoms with van der Waals surface area (Å²) >= 11 is 0. The molecule has 10 heavy (non-hydrogen) atoms. The lowest BCUT2D eigenvalue weighted by Crippen LogP contribution is -3.00. The van der Waals surface area contributed by atoms with E-state index in [2.05, 4.69) is 19.6 Å². The summed E-state index contributed by atoms with van der Waals surface area (Å²) < 4.78 is 0. The Kier molecular flexibility index (Phi) is 3.68. The van der Waals surface area contributed by atoms with Gasteiger partial charge in [-0.25, -0.2) is 0 Å². The molecule has 3 N–H and O–H groups in total. The molecule has 1 rings (SSSR count). The average molecular weight is 164 g/mol. The molecular weight excluding hydrogens is 146 g/mol. The average Bonchev–Trinajstić information content (AvgIpc) is 1.60. The van der Waals surface area contributed by atoms with Crippen LogP contribution in [0.2, 0.25) is 0 Å². The molecule has 1 aliphatic rings. The molecule has 2 heteroatoms. The summed E-state index contributed by atoms with van der Waals surface area (Å²) in [7, 11) is 0. The van der Waals surface area contributed by atoms with Crippen molar-refractivity contribution in [2.75, 3.05) is 0 Å². The maximum atomic E-state index is 4.18. The highest BCUT2D eigenvalue weighted by molar-refractivity contribution is 4.78. The molecule has 0 unspecified atom stereocenters. The van der Waals surface area contributed by atoms with E-state index in [1.165, 1.54) is 25.7 Å². The van der Waals surface area contributed by atoms with E-state index < -0.39 is 0 Å².